The van der Waals surface area contributed by atoms with E-state index in [1.807, 2.05) is 6.26 Å². The van der Waals surface area contributed by atoms with E-state index < -0.39 is 15.9 Å². The molecule has 0 heterocycles. The Balaban J connectivity index is 2.33. The normalized spacial score (nSPS) is 11.2. The molecule has 0 aromatic heterocycles. The fraction of sp³-hybridized carbons (Fsp3) is 0.133. The highest BCUT2D eigenvalue weighted by atomic mass is 32.2. The minimum Gasteiger partial charge on any atom is -0.366 e. The second-order valence-corrected chi connectivity index (χ2v) is 7.41. The molecule has 0 aliphatic rings. The zero-order valence-electron chi connectivity index (χ0n) is 12.2. The van der Waals surface area contributed by atoms with Gasteiger partial charge < -0.3 is 5.73 Å². The number of nitrogens with two attached hydrogens (primary N) is 1. The second kappa shape index (κ2) is 6.41. The van der Waals surface area contributed by atoms with Gasteiger partial charge >= 0.3 is 0 Å². The largest absolute Gasteiger partial charge is 0.366 e. The van der Waals surface area contributed by atoms with Crippen molar-refractivity contribution in [1.29, 1.82) is 0 Å². The van der Waals surface area contributed by atoms with Crippen molar-refractivity contribution in [3.05, 3.63) is 54.1 Å². The summed E-state index contributed by atoms with van der Waals surface area (Å²) in [7, 11) is -2.17. The minimum atomic E-state index is -3.64. The maximum atomic E-state index is 12.6. The molecule has 0 fully saturated rings. The maximum Gasteiger partial charge on any atom is 0.264 e. The topological polar surface area (TPSA) is 80.5 Å². The first-order valence-corrected chi connectivity index (χ1v) is 9.05. The molecule has 0 radical (unpaired) electrons. The van der Waals surface area contributed by atoms with Crippen molar-refractivity contribution >= 4 is 33.4 Å². The van der Waals surface area contributed by atoms with E-state index >= 15 is 0 Å². The van der Waals surface area contributed by atoms with Crippen molar-refractivity contribution in [3.63, 3.8) is 0 Å². The molecule has 0 atom stereocenters. The van der Waals surface area contributed by atoms with Gasteiger partial charge in [0.2, 0.25) is 5.91 Å². The van der Waals surface area contributed by atoms with Crippen LogP contribution in [0, 0.1) is 0 Å². The van der Waals surface area contributed by atoms with Crippen molar-refractivity contribution < 1.29 is 13.2 Å². The molecule has 7 heteroatoms. The Bertz CT molecular complexity index is 769. The van der Waals surface area contributed by atoms with Gasteiger partial charge in [0.1, 0.15) is 0 Å². The number of carbonyl (C=O) groups is 1. The number of amides is 1. The predicted octanol–water partition coefficient (Wildman–Crippen LogP) is 2.33. The quantitative estimate of drug-likeness (QED) is 0.850. The molecule has 0 saturated heterocycles. The lowest BCUT2D eigenvalue weighted by Gasteiger charge is -2.19. The fourth-order valence-corrected chi connectivity index (χ4v) is 3.48. The summed E-state index contributed by atoms with van der Waals surface area (Å²) in [5.41, 5.74) is 5.96. The van der Waals surface area contributed by atoms with Gasteiger partial charge in [-0.3, -0.25) is 9.10 Å². The van der Waals surface area contributed by atoms with Crippen LogP contribution in [0.4, 0.5) is 5.69 Å². The van der Waals surface area contributed by atoms with Gasteiger partial charge in [0.25, 0.3) is 10.0 Å². The number of hydrogen-bond donors (Lipinski definition) is 1. The molecule has 22 heavy (non-hydrogen) atoms. The van der Waals surface area contributed by atoms with Crippen LogP contribution in [0.25, 0.3) is 0 Å². The van der Waals surface area contributed by atoms with Crippen LogP contribution < -0.4 is 10.0 Å². The minimum absolute atomic E-state index is 0.215. The molecule has 0 aliphatic heterocycles. The Hall–Kier alpha value is -1.99. The summed E-state index contributed by atoms with van der Waals surface area (Å²) in [6.45, 7) is 0. The van der Waals surface area contributed by atoms with Gasteiger partial charge in [-0.25, -0.2) is 8.42 Å². The van der Waals surface area contributed by atoms with Crippen molar-refractivity contribution in [1.82, 2.24) is 0 Å². The molecule has 2 aromatic rings. The van der Waals surface area contributed by atoms with Crippen molar-refractivity contribution in [2.24, 2.45) is 5.73 Å². The van der Waals surface area contributed by atoms with Crippen molar-refractivity contribution in [3.8, 4) is 0 Å². The van der Waals surface area contributed by atoms with E-state index in [4.69, 9.17) is 5.73 Å². The average molecular weight is 336 g/mol. The number of carbonyl (C=O) groups excluding carboxylic acids is 1. The smallest absolute Gasteiger partial charge is 0.264 e. The summed E-state index contributed by atoms with van der Waals surface area (Å²) in [4.78, 5) is 12.3. The molecule has 0 aliphatic carbocycles. The number of thioether (sulfide) groups is 1. The lowest BCUT2D eigenvalue weighted by Crippen LogP contribution is -2.26. The average Bonchev–Trinajstić information content (AvgIpc) is 2.54. The Morgan fingerprint density at radius 1 is 1.05 bits per heavy atom. The van der Waals surface area contributed by atoms with Gasteiger partial charge in [-0.1, -0.05) is 0 Å². The van der Waals surface area contributed by atoms with Crippen LogP contribution >= 0.6 is 11.8 Å². The molecule has 2 rings (SSSR count). The third kappa shape index (κ3) is 3.26. The molecule has 0 spiro atoms. The number of rotatable bonds is 5. The van der Waals surface area contributed by atoms with Crippen LogP contribution in [0.2, 0.25) is 0 Å². The maximum absolute atomic E-state index is 12.6. The van der Waals surface area contributed by atoms with E-state index in [1.165, 1.54) is 23.5 Å². The Kier molecular flexibility index (Phi) is 4.77. The molecule has 0 bridgehead atoms. The van der Waals surface area contributed by atoms with Gasteiger partial charge in [-0.2, -0.15) is 0 Å². The molecule has 116 valence electrons. The standard InChI is InChI=1S/C15H16N2O3S2/c1-17(12-5-3-11(4-6-12)15(16)18)22(19,20)14-9-7-13(21-2)8-10-14/h3-10H,1-2H3,(H2,16,18). The molecule has 1 amide bonds. The summed E-state index contributed by atoms with van der Waals surface area (Å²) in [5.74, 6) is -0.551. The molecule has 0 unspecified atom stereocenters. The molecule has 2 N–H and O–H groups in total. The Morgan fingerprint density at radius 3 is 2.05 bits per heavy atom. The van der Waals surface area contributed by atoms with Crippen LogP contribution in [0.1, 0.15) is 10.4 Å². The van der Waals surface area contributed by atoms with Crippen LogP contribution in [0.15, 0.2) is 58.3 Å². The van der Waals surface area contributed by atoms with E-state index in [0.29, 0.717) is 11.3 Å². The summed E-state index contributed by atoms with van der Waals surface area (Å²) < 4.78 is 26.3. The first kappa shape index (κ1) is 16.4. The number of primary amides is 1. The zero-order valence-corrected chi connectivity index (χ0v) is 13.8. The lowest BCUT2D eigenvalue weighted by atomic mass is 10.2. The van der Waals surface area contributed by atoms with Gasteiger partial charge in [0.05, 0.1) is 10.6 Å². The highest BCUT2D eigenvalue weighted by molar-refractivity contribution is 7.98. The lowest BCUT2D eigenvalue weighted by molar-refractivity contribution is 0.100. The fourth-order valence-electron chi connectivity index (χ4n) is 1.88. The third-order valence-corrected chi connectivity index (χ3v) is 5.78. The van der Waals surface area contributed by atoms with E-state index in [0.717, 1.165) is 4.90 Å². The van der Waals surface area contributed by atoms with Crippen molar-refractivity contribution in [2.75, 3.05) is 17.6 Å². The van der Waals surface area contributed by atoms with Crippen LogP contribution in [-0.4, -0.2) is 27.6 Å². The number of nitrogens with zero attached hydrogens (tertiary/aromatic N) is 1. The predicted molar refractivity (Wildman–Crippen MR) is 88.8 cm³/mol. The Labute approximate surface area is 134 Å². The molecular formula is C15H16N2O3S2. The Morgan fingerprint density at radius 2 is 1.59 bits per heavy atom. The second-order valence-electron chi connectivity index (χ2n) is 4.56. The van der Waals surface area contributed by atoms with E-state index in [1.54, 1.807) is 48.2 Å². The van der Waals surface area contributed by atoms with Gasteiger partial charge in [0, 0.05) is 17.5 Å². The summed E-state index contributed by atoms with van der Waals surface area (Å²) in [6, 6.07) is 12.8. The first-order valence-electron chi connectivity index (χ1n) is 6.39. The van der Waals surface area contributed by atoms with E-state index in [9.17, 15) is 13.2 Å². The number of sulfonamides is 1. The highest BCUT2D eigenvalue weighted by Gasteiger charge is 2.21. The molecule has 2 aromatic carbocycles. The van der Waals surface area contributed by atoms with E-state index in [2.05, 4.69) is 0 Å². The van der Waals surface area contributed by atoms with Crippen LogP contribution in [0.5, 0.6) is 0 Å². The highest BCUT2D eigenvalue weighted by Crippen LogP contribution is 2.24. The molecule has 0 saturated carbocycles. The monoisotopic (exact) mass is 336 g/mol. The third-order valence-electron chi connectivity index (χ3n) is 3.23. The first-order chi connectivity index (χ1) is 10.4. The van der Waals surface area contributed by atoms with Crippen LogP contribution in [0.3, 0.4) is 0 Å². The van der Waals surface area contributed by atoms with Gasteiger partial charge in [0.15, 0.2) is 0 Å². The molecular weight excluding hydrogens is 320 g/mol. The SMILES string of the molecule is CSc1ccc(S(=O)(=O)N(C)c2ccc(C(N)=O)cc2)cc1. The number of hydrogen-bond acceptors (Lipinski definition) is 4. The molecule has 5 nitrogen and oxygen atoms in total. The number of anilines is 1. The van der Waals surface area contributed by atoms with Crippen molar-refractivity contribution in [2.45, 2.75) is 9.79 Å². The van der Waals surface area contributed by atoms with Gasteiger partial charge in [-0.05, 0) is 54.8 Å². The number of benzene rings is 2. The van der Waals surface area contributed by atoms with Gasteiger partial charge in [-0.15, -0.1) is 11.8 Å². The van der Waals surface area contributed by atoms with E-state index in [-0.39, 0.29) is 4.90 Å². The summed E-state index contributed by atoms with van der Waals surface area (Å²) in [6.07, 6.45) is 1.93. The zero-order chi connectivity index (χ0) is 16.3. The van der Waals surface area contributed by atoms with Crippen LogP contribution in [-0.2, 0) is 10.0 Å². The summed E-state index contributed by atoms with van der Waals surface area (Å²) >= 11 is 1.55. The summed E-state index contributed by atoms with van der Waals surface area (Å²) in [5, 5.41) is 0.